The molecule has 1 aliphatic rings. The molecular weight excluding hydrogens is 336 g/mol. The highest BCUT2D eigenvalue weighted by Crippen LogP contribution is 2.17. The molecule has 1 aromatic heterocycles. The number of esters is 1. The Morgan fingerprint density at radius 2 is 2.12 bits per heavy atom. The van der Waals surface area contributed by atoms with Crippen LogP contribution >= 0.6 is 0 Å². The summed E-state index contributed by atoms with van der Waals surface area (Å²) in [5.74, 6) is -1.24. The fraction of sp³-hybridized carbons (Fsp3) is 0.632. The van der Waals surface area contributed by atoms with Crippen LogP contribution in [-0.4, -0.2) is 36.2 Å². The summed E-state index contributed by atoms with van der Waals surface area (Å²) in [7, 11) is 1.28. The number of hydrogen-bond donors (Lipinski definition) is 1. The lowest BCUT2D eigenvalue weighted by molar-refractivity contribution is -0.144. The van der Waals surface area contributed by atoms with Gasteiger partial charge in [-0.15, -0.1) is 0 Å². The number of rotatable bonds is 7. The highest BCUT2D eigenvalue weighted by molar-refractivity contribution is 5.96. The van der Waals surface area contributed by atoms with Crippen molar-refractivity contribution in [3.63, 3.8) is 0 Å². The van der Waals surface area contributed by atoms with Crippen LogP contribution in [0.2, 0.25) is 0 Å². The van der Waals surface area contributed by atoms with E-state index in [0.29, 0.717) is 26.2 Å². The van der Waals surface area contributed by atoms with Crippen molar-refractivity contribution >= 4 is 11.9 Å². The van der Waals surface area contributed by atoms with E-state index in [1.165, 1.54) is 7.11 Å². The molecule has 1 aromatic rings. The lowest BCUT2D eigenvalue weighted by Gasteiger charge is -2.24. The van der Waals surface area contributed by atoms with E-state index in [1.807, 2.05) is 13.8 Å². The van der Waals surface area contributed by atoms with Gasteiger partial charge < -0.3 is 19.4 Å². The average molecular weight is 364 g/mol. The predicted molar refractivity (Wildman–Crippen MR) is 97.1 cm³/mol. The van der Waals surface area contributed by atoms with Gasteiger partial charge in [0.1, 0.15) is 11.6 Å². The molecule has 0 aliphatic carbocycles. The first-order chi connectivity index (χ1) is 12.4. The molecule has 0 saturated heterocycles. The van der Waals surface area contributed by atoms with Crippen molar-refractivity contribution in [3.8, 4) is 0 Å². The standard InChI is InChI=1S/C19H28N2O5/c1-5-6-8-21-15-7-9-26-11-13(15)10-14(18(21)23)17(22)20-16(12(2)3)19(24)25-4/h10,12,16H,5-9,11H2,1-4H3,(H,20,22). The summed E-state index contributed by atoms with van der Waals surface area (Å²) >= 11 is 0. The van der Waals surface area contributed by atoms with Crippen LogP contribution in [0.3, 0.4) is 0 Å². The molecule has 144 valence electrons. The summed E-state index contributed by atoms with van der Waals surface area (Å²) in [5.41, 5.74) is 1.53. The maximum Gasteiger partial charge on any atom is 0.328 e. The summed E-state index contributed by atoms with van der Waals surface area (Å²) in [6.45, 7) is 7.20. The van der Waals surface area contributed by atoms with E-state index in [2.05, 4.69) is 12.2 Å². The molecule has 0 bridgehead atoms. The molecule has 0 spiro atoms. The monoisotopic (exact) mass is 364 g/mol. The first-order valence-electron chi connectivity index (χ1n) is 9.12. The fourth-order valence-electron chi connectivity index (χ4n) is 3.09. The smallest absolute Gasteiger partial charge is 0.328 e. The number of ether oxygens (including phenoxy) is 2. The molecule has 2 heterocycles. The number of fused-ring (bicyclic) bond motifs is 1. The van der Waals surface area contributed by atoms with Gasteiger partial charge in [-0.25, -0.2) is 4.79 Å². The minimum atomic E-state index is -0.803. The lowest BCUT2D eigenvalue weighted by Crippen LogP contribution is -2.47. The molecule has 1 atom stereocenters. The van der Waals surface area contributed by atoms with Gasteiger partial charge in [0.25, 0.3) is 11.5 Å². The summed E-state index contributed by atoms with van der Waals surface area (Å²) in [6.07, 6.45) is 2.47. The van der Waals surface area contributed by atoms with Crippen molar-refractivity contribution < 1.29 is 19.1 Å². The molecule has 1 aliphatic heterocycles. The van der Waals surface area contributed by atoms with Crippen LogP contribution in [0.25, 0.3) is 0 Å². The Balaban J connectivity index is 2.40. The number of pyridine rings is 1. The number of carbonyl (C=O) groups excluding carboxylic acids is 2. The summed E-state index contributed by atoms with van der Waals surface area (Å²) in [5, 5.41) is 2.65. The quantitative estimate of drug-likeness (QED) is 0.744. The largest absolute Gasteiger partial charge is 0.467 e. The van der Waals surface area contributed by atoms with Gasteiger partial charge in [-0.1, -0.05) is 27.2 Å². The maximum absolute atomic E-state index is 12.9. The summed E-state index contributed by atoms with van der Waals surface area (Å²) < 4.78 is 11.9. The van der Waals surface area contributed by atoms with Crippen molar-refractivity contribution in [2.75, 3.05) is 13.7 Å². The van der Waals surface area contributed by atoms with Gasteiger partial charge in [0.15, 0.2) is 0 Å². The van der Waals surface area contributed by atoms with Gasteiger partial charge in [0, 0.05) is 18.7 Å². The Morgan fingerprint density at radius 1 is 1.38 bits per heavy atom. The second kappa shape index (κ2) is 8.98. The number of carbonyl (C=O) groups is 2. The van der Waals surface area contributed by atoms with E-state index in [9.17, 15) is 14.4 Å². The van der Waals surface area contributed by atoms with Crippen molar-refractivity contribution in [1.82, 2.24) is 9.88 Å². The van der Waals surface area contributed by atoms with Crippen molar-refractivity contribution in [2.24, 2.45) is 5.92 Å². The number of nitrogens with one attached hydrogen (secondary N) is 1. The third-order valence-electron chi connectivity index (χ3n) is 4.62. The molecule has 7 nitrogen and oxygen atoms in total. The van der Waals surface area contributed by atoms with Gasteiger partial charge in [-0.05, 0) is 24.0 Å². The van der Waals surface area contributed by atoms with E-state index in [1.54, 1.807) is 10.6 Å². The number of aromatic nitrogens is 1. The molecule has 7 heteroatoms. The number of unbranched alkanes of at least 4 members (excludes halogenated alkanes) is 1. The van der Waals surface area contributed by atoms with Crippen LogP contribution in [-0.2, 0) is 33.8 Å². The lowest BCUT2D eigenvalue weighted by atomic mass is 10.0. The third kappa shape index (κ3) is 4.33. The second-order valence-electron chi connectivity index (χ2n) is 6.86. The van der Waals surface area contributed by atoms with Crippen LogP contribution in [0.15, 0.2) is 10.9 Å². The summed E-state index contributed by atoms with van der Waals surface area (Å²) in [4.78, 5) is 37.6. The number of methoxy groups -OCH3 is 1. The van der Waals surface area contributed by atoms with Crippen molar-refractivity contribution in [1.29, 1.82) is 0 Å². The Hall–Kier alpha value is -2.15. The molecule has 0 aromatic carbocycles. The molecule has 0 saturated carbocycles. The Bertz CT molecular complexity index is 723. The second-order valence-corrected chi connectivity index (χ2v) is 6.86. The van der Waals surface area contributed by atoms with Gasteiger partial charge in [-0.2, -0.15) is 0 Å². The fourth-order valence-corrected chi connectivity index (χ4v) is 3.09. The van der Waals surface area contributed by atoms with E-state index in [4.69, 9.17) is 9.47 Å². The van der Waals surface area contributed by atoms with Crippen LogP contribution in [0.5, 0.6) is 0 Å². The molecule has 1 unspecified atom stereocenters. The van der Waals surface area contributed by atoms with Crippen molar-refractivity contribution in [3.05, 3.63) is 33.2 Å². The first kappa shape index (κ1) is 20.2. The predicted octanol–water partition coefficient (Wildman–Crippen LogP) is 1.65. The van der Waals surface area contributed by atoms with E-state index in [0.717, 1.165) is 24.1 Å². The minimum Gasteiger partial charge on any atom is -0.467 e. The molecule has 26 heavy (non-hydrogen) atoms. The summed E-state index contributed by atoms with van der Waals surface area (Å²) in [6, 6.07) is 0.798. The zero-order valence-corrected chi connectivity index (χ0v) is 16.0. The average Bonchev–Trinajstić information content (AvgIpc) is 2.63. The number of hydrogen-bond acceptors (Lipinski definition) is 5. The van der Waals surface area contributed by atoms with Crippen LogP contribution < -0.4 is 10.9 Å². The van der Waals surface area contributed by atoms with Crippen LogP contribution in [0.1, 0.15) is 55.2 Å². The topological polar surface area (TPSA) is 86.6 Å². The zero-order valence-electron chi connectivity index (χ0n) is 16.0. The van der Waals surface area contributed by atoms with Crippen LogP contribution in [0.4, 0.5) is 0 Å². The molecule has 0 radical (unpaired) electrons. The normalized spacial score (nSPS) is 14.7. The van der Waals surface area contributed by atoms with E-state index in [-0.39, 0.29) is 17.0 Å². The first-order valence-corrected chi connectivity index (χ1v) is 9.12. The third-order valence-corrected chi connectivity index (χ3v) is 4.62. The molecule has 1 N–H and O–H groups in total. The minimum absolute atomic E-state index is 0.0416. The highest BCUT2D eigenvalue weighted by Gasteiger charge is 2.28. The molecule has 0 fully saturated rings. The Morgan fingerprint density at radius 3 is 2.73 bits per heavy atom. The maximum atomic E-state index is 12.9. The van der Waals surface area contributed by atoms with E-state index < -0.39 is 17.9 Å². The number of nitrogens with zero attached hydrogens (tertiary/aromatic N) is 1. The Kier molecular flexibility index (Phi) is 6.97. The highest BCUT2D eigenvalue weighted by atomic mass is 16.5. The molecule has 1 amide bonds. The molecule has 2 rings (SSSR count). The van der Waals surface area contributed by atoms with Crippen molar-refractivity contribution in [2.45, 2.75) is 59.2 Å². The van der Waals surface area contributed by atoms with Gasteiger partial charge in [-0.3, -0.25) is 9.59 Å². The molecular formula is C19H28N2O5. The SMILES string of the molecule is CCCCn1c2c(cc(C(=O)NC(C(=O)OC)C(C)C)c1=O)COCC2. The zero-order chi connectivity index (χ0) is 19.3. The van der Waals surface area contributed by atoms with Gasteiger partial charge in [0.05, 0.1) is 20.3 Å². The van der Waals surface area contributed by atoms with Gasteiger partial charge >= 0.3 is 5.97 Å². The number of amides is 1. The van der Waals surface area contributed by atoms with Gasteiger partial charge in [0.2, 0.25) is 0 Å². The van der Waals surface area contributed by atoms with Crippen LogP contribution in [0, 0.1) is 5.92 Å². The van der Waals surface area contributed by atoms with E-state index >= 15 is 0 Å². The Labute approximate surface area is 153 Å².